The SMILES string of the molecule is CCCNc1ncc(Cl)c(N(CC)C2CCCC2)n1. The summed E-state index contributed by atoms with van der Waals surface area (Å²) < 4.78 is 0. The summed E-state index contributed by atoms with van der Waals surface area (Å²) in [6.45, 7) is 6.11. The number of anilines is 2. The lowest BCUT2D eigenvalue weighted by Crippen LogP contribution is -2.34. The fourth-order valence-corrected chi connectivity index (χ4v) is 2.88. The van der Waals surface area contributed by atoms with Crippen LogP contribution in [0.3, 0.4) is 0 Å². The third-order valence-corrected chi connectivity index (χ3v) is 3.90. The first kappa shape index (κ1) is 14.4. The van der Waals surface area contributed by atoms with Crippen molar-refractivity contribution in [1.82, 2.24) is 9.97 Å². The van der Waals surface area contributed by atoms with Crippen LogP contribution in [0.4, 0.5) is 11.8 Å². The van der Waals surface area contributed by atoms with Crippen LogP contribution in [0.1, 0.15) is 46.0 Å². The number of halogens is 1. The zero-order valence-electron chi connectivity index (χ0n) is 11.8. The molecule has 2 rings (SSSR count). The molecule has 1 saturated carbocycles. The zero-order chi connectivity index (χ0) is 13.7. The molecular weight excluding hydrogens is 260 g/mol. The van der Waals surface area contributed by atoms with Gasteiger partial charge in [-0.15, -0.1) is 0 Å². The van der Waals surface area contributed by atoms with E-state index in [1.807, 2.05) is 0 Å². The predicted molar refractivity (Wildman–Crippen MR) is 81.1 cm³/mol. The molecule has 0 radical (unpaired) electrons. The van der Waals surface area contributed by atoms with Crippen molar-refractivity contribution >= 4 is 23.4 Å². The summed E-state index contributed by atoms with van der Waals surface area (Å²) in [7, 11) is 0. The smallest absolute Gasteiger partial charge is 0.224 e. The highest BCUT2D eigenvalue weighted by atomic mass is 35.5. The maximum absolute atomic E-state index is 6.29. The van der Waals surface area contributed by atoms with E-state index in [0.717, 1.165) is 25.3 Å². The Morgan fingerprint density at radius 1 is 1.37 bits per heavy atom. The van der Waals surface area contributed by atoms with Gasteiger partial charge in [-0.05, 0) is 26.2 Å². The molecule has 0 aromatic carbocycles. The summed E-state index contributed by atoms with van der Waals surface area (Å²) in [5.74, 6) is 1.56. The van der Waals surface area contributed by atoms with Gasteiger partial charge >= 0.3 is 0 Å². The highest BCUT2D eigenvalue weighted by Crippen LogP contribution is 2.31. The van der Waals surface area contributed by atoms with E-state index in [4.69, 9.17) is 11.6 Å². The van der Waals surface area contributed by atoms with Crippen LogP contribution in [0.15, 0.2) is 6.20 Å². The first-order valence-electron chi connectivity index (χ1n) is 7.29. The highest BCUT2D eigenvalue weighted by molar-refractivity contribution is 6.32. The lowest BCUT2D eigenvalue weighted by atomic mass is 10.2. The van der Waals surface area contributed by atoms with Gasteiger partial charge in [0.1, 0.15) is 5.02 Å². The molecule has 19 heavy (non-hydrogen) atoms. The van der Waals surface area contributed by atoms with Gasteiger partial charge in [0.25, 0.3) is 0 Å². The van der Waals surface area contributed by atoms with Crippen LogP contribution in [0.25, 0.3) is 0 Å². The van der Waals surface area contributed by atoms with E-state index in [1.54, 1.807) is 6.20 Å². The third-order valence-electron chi connectivity index (χ3n) is 3.64. The van der Waals surface area contributed by atoms with E-state index in [9.17, 15) is 0 Å². The average Bonchev–Trinajstić information content (AvgIpc) is 2.94. The summed E-state index contributed by atoms with van der Waals surface area (Å²) in [5, 5.41) is 3.87. The van der Waals surface area contributed by atoms with Crippen LogP contribution in [0, 0.1) is 0 Å². The number of hydrogen-bond donors (Lipinski definition) is 1. The van der Waals surface area contributed by atoms with Gasteiger partial charge in [-0.1, -0.05) is 31.4 Å². The summed E-state index contributed by atoms with van der Waals surface area (Å²) in [6, 6.07) is 0.580. The Morgan fingerprint density at radius 3 is 2.74 bits per heavy atom. The molecular formula is C14H23ClN4. The molecule has 106 valence electrons. The Kier molecular flexibility index (Phi) is 5.25. The maximum Gasteiger partial charge on any atom is 0.224 e. The molecule has 4 nitrogen and oxygen atoms in total. The third kappa shape index (κ3) is 3.50. The largest absolute Gasteiger partial charge is 0.354 e. The molecule has 1 aromatic heterocycles. The van der Waals surface area contributed by atoms with Crippen LogP contribution in [-0.4, -0.2) is 29.1 Å². The van der Waals surface area contributed by atoms with Crippen LogP contribution < -0.4 is 10.2 Å². The van der Waals surface area contributed by atoms with Crippen molar-refractivity contribution in [3.05, 3.63) is 11.2 Å². The summed E-state index contributed by atoms with van der Waals surface area (Å²) in [6.07, 6.45) is 7.87. The number of nitrogens with zero attached hydrogens (tertiary/aromatic N) is 3. The lowest BCUT2D eigenvalue weighted by Gasteiger charge is -2.29. The predicted octanol–water partition coefficient (Wildman–Crippen LogP) is 3.72. The maximum atomic E-state index is 6.29. The number of hydrogen-bond acceptors (Lipinski definition) is 4. The topological polar surface area (TPSA) is 41.1 Å². The molecule has 1 aliphatic rings. The molecule has 1 fully saturated rings. The molecule has 0 aliphatic heterocycles. The molecule has 1 heterocycles. The minimum Gasteiger partial charge on any atom is -0.354 e. The van der Waals surface area contributed by atoms with Crippen molar-refractivity contribution in [3.63, 3.8) is 0 Å². The van der Waals surface area contributed by atoms with E-state index in [0.29, 0.717) is 17.0 Å². The van der Waals surface area contributed by atoms with E-state index in [1.165, 1.54) is 25.7 Å². The lowest BCUT2D eigenvalue weighted by molar-refractivity contribution is 0.613. The highest BCUT2D eigenvalue weighted by Gasteiger charge is 2.24. The van der Waals surface area contributed by atoms with Crippen molar-refractivity contribution in [2.75, 3.05) is 23.3 Å². The van der Waals surface area contributed by atoms with Gasteiger partial charge in [0.05, 0.1) is 6.20 Å². The molecule has 5 heteroatoms. The number of nitrogens with one attached hydrogen (secondary N) is 1. The quantitative estimate of drug-likeness (QED) is 0.863. The molecule has 0 atom stereocenters. The summed E-state index contributed by atoms with van der Waals surface area (Å²) in [4.78, 5) is 11.2. The van der Waals surface area contributed by atoms with Gasteiger partial charge in [0, 0.05) is 19.1 Å². The Labute approximate surface area is 120 Å². The standard InChI is InChI=1S/C14H23ClN4/c1-3-9-16-14-17-10-12(15)13(18-14)19(4-2)11-7-5-6-8-11/h10-11H,3-9H2,1-2H3,(H,16,17,18). The fraction of sp³-hybridized carbons (Fsp3) is 0.714. The zero-order valence-corrected chi connectivity index (χ0v) is 12.6. The van der Waals surface area contributed by atoms with Gasteiger partial charge in [-0.2, -0.15) is 4.98 Å². The molecule has 1 aromatic rings. The van der Waals surface area contributed by atoms with Crippen LogP contribution in [0.5, 0.6) is 0 Å². The van der Waals surface area contributed by atoms with Crippen LogP contribution >= 0.6 is 11.6 Å². The Morgan fingerprint density at radius 2 is 2.11 bits per heavy atom. The molecule has 1 aliphatic carbocycles. The molecule has 0 amide bonds. The Bertz CT molecular complexity index is 404. The minimum absolute atomic E-state index is 0.580. The monoisotopic (exact) mass is 282 g/mol. The van der Waals surface area contributed by atoms with Gasteiger partial charge in [0.15, 0.2) is 5.82 Å². The molecule has 0 spiro atoms. The average molecular weight is 283 g/mol. The summed E-state index contributed by atoms with van der Waals surface area (Å²) >= 11 is 6.29. The van der Waals surface area contributed by atoms with E-state index < -0.39 is 0 Å². The second-order valence-corrected chi connectivity index (χ2v) is 5.42. The fourth-order valence-electron chi connectivity index (χ4n) is 2.68. The molecule has 1 N–H and O–H groups in total. The molecule has 0 saturated heterocycles. The van der Waals surface area contributed by atoms with Gasteiger partial charge in [-0.25, -0.2) is 4.98 Å². The normalized spacial score (nSPS) is 15.7. The van der Waals surface area contributed by atoms with Crippen molar-refractivity contribution in [3.8, 4) is 0 Å². The molecule has 0 bridgehead atoms. The van der Waals surface area contributed by atoms with Crippen molar-refractivity contribution in [1.29, 1.82) is 0 Å². The first-order chi connectivity index (χ1) is 9.26. The van der Waals surface area contributed by atoms with Crippen molar-refractivity contribution in [2.45, 2.75) is 52.0 Å². The van der Waals surface area contributed by atoms with Crippen molar-refractivity contribution < 1.29 is 0 Å². The summed E-state index contributed by atoms with van der Waals surface area (Å²) in [5.41, 5.74) is 0. The van der Waals surface area contributed by atoms with Crippen LogP contribution in [-0.2, 0) is 0 Å². The Balaban J connectivity index is 2.19. The second kappa shape index (κ2) is 6.94. The second-order valence-electron chi connectivity index (χ2n) is 5.02. The minimum atomic E-state index is 0.580. The van der Waals surface area contributed by atoms with E-state index in [2.05, 4.69) is 34.0 Å². The van der Waals surface area contributed by atoms with Gasteiger partial charge in [0.2, 0.25) is 5.95 Å². The van der Waals surface area contributed by atoms with Gasteiger partial charge in [-0.3, -0.25) is 0 Å². The van der Waals surface area contributed by atoms with E-state index >= 15 is 0 Å². The van der Waals surface area contributed by atoms with Gasteiger partial charge < -0.3 is 10.2 Å². The number of rotatable bonds is 6. The number of aromatic nitrogens is 2. The van der Waals surface area contributed by atoms with Crippen molar-refractivity contribution in [2.24, 2.45) is 0 Å². The van der Waals surface area contributed by atoms with E-state index in [-0.39, 0.29) is 0 Å². The first-order valence-corrected chi connectivity index (χ1v) is 7.67. The van der Waals surface area contributed by atoms with Crippen LogP contribution in [0.2, 0.25) is 5.02 Å². The molecule has 0 unspecified atom stereocenters. The Hall–Kier alpha value is -1.03.